The van der Waals surface area contributed by atoms with Gasteiger partial charge in [-0.05, 0) is 25.0 Å². The number of nitrogens with zero attached hydrogens (tertiary/aromatic N) is 1. The van der Waals surface area contributed by atoms with Crippen LogP contribution in [0.3, 0.4) is 0 Å². The third-order valence-electron chi connectivity index (χ3n) is 3.58. The molecule has 0 aromatic heterocycles. The number of amides is 1. The highest BCUT2D eigenvalue weighted by atomic mass is 32.2. The van der Waals surface area contributed by atoms with E-state index in [1.54, 1.807) is 11.2 Å². The molecule has 1 saturated heterocycles. The van der Waals surface area contributed by atoms with Crippen LogP contribution in [0.4, 0.5) is 0 Å². The van der Waals surface area contributed by atoms with Crippen LogP contribution in [0.25, 0.3) is 0 Å². The summed E-state index contributed by atoms with van der Waals surface area (Å²) in [6.07, 6.45) is 1.58. The minimum Gasteiger partial charge on any atom is -0.321 e. The standard InChI is InChI=1S/C14H20N2O2S/c1-10-6-4-5-7-12(10)14-15-8-13(17)16(14)9-11(2)19(3)18/h4-7,11,14-15H,8-9H2,1-3H3. The Hall–Kier alpha value is -1.20. The summed E-state index contributed by atoms with van der Waals surface area (Å²) in [7, 11) is -0.920. The molecule has 4 nitrogen and oxygen atoms in total. The molecule has 3 unspecified atom stereocenters. The molecule has 1 aromatic rings. The van der Waals surface area contributed by atoms with Crippen LogP contribution in [0, 0.1) is 6.92 Å². The van der Waals surface area contributed by atoms with Gasteiger partial charge in [-0.2, -0.15) is 0 Å². The summed E-state index contributed by atoms with van der Waals surface area (Å²) in [5.74, 6) is 0.0746. The molecule has 1 aliphatic rings. The third-order valence-corrected chi connectivity index (χ3v) is 4.86. The lowest BCUT2D eigenvalue weighted by Crippen LogP contribution is -2.37. The summed E-state index contributed by atoms with van der Waals surface area (Å²) in [4.78, 5) is 13.8. The molecule has 1 heterocycles. The summed E-state index contributed by atoms with van der Waals surface area (Å²) in [6, 6.07) is 8.04. The van der Waals surface area contributed by atoms with Crippen LogP contribution in [0.15, 0.2) is 24.3 Å². The van der Waals surface area contributed by atoms with Crippen LogP contribution in [0.5, 0.6) is 0 Å². The second-order valence-corrected chi connectivity index (χ2v) is 6.80. The Morgan fingerprint density at radius 3 is 2.79 bits per heavy atom. The molecule has 1 aromatic carbocycles. The van der Waals surface area contributed by atoms with Crippen LogP contribution in [-0.4, -0.2) is 39.6 Å². The zero-order valence-electron chi connectivity index (χ0n) is 11.6. The van der Waals surface area contributed by atoms with Crippen molar-refractivity contribution in [1.82, 2.24) is 10.2 Å². The van der Waals surface area contributed by atoms with Crippen LogP contribution < -0.4 is 5.32 Å². The number of nitrogens with one attached hydrogen (secondary N) is 1. The zero-order valence-corrected chi connectivity index (χ0v) is 12.4. The smallest absolute Gasteiger partial charge is 0.238 e. The zero-order chi connectivity index (χ0) is 14.0. The molecule has 19 heavy (non-hydrogen) atoms. The monoisotopic (exact) mass is 280 g/mol. The molecule has 3 atom stereocenters. The Bertz CT molecular complexity index is 504. The fourth-order valence-electron chi connectivity index (χ4n) is 2.30. The first-order valence-electron chi connectivity index (χ1n) is 6.41. The fourth-order valence-corrected chi connectivity index (χ4v) is 2.67. The van der Waals surface area contributed by atoms with Gasteiger partial charge in [-0.3, -0.25) is 14.3 Å². The maximum absolute atomic E-state index is 12.0. The molecule has 1 amide bonds. The van der Waals surface area contributed by atoms with Crippen molar-refractivity contribution in [3.63, 3.8) is 0 Å². The Morgan fingerprint density at radius 2 is 2.16 bits per heavy atom. The third kappa shape index (κ3) is 3.04. The van der Waals surface area contributed by atoms with E-state index in [2.05, 4.69) is 5.32 Å². The quantitative estimate of drug-likeness (QED) is 0.901. The first-order chi connectivity index (χ1) is 9.00. The van der Waals surface area contributed by atoms with Crippen molar-refractivity contribution < 1.29 is 9.00 Å². The van der Waals surface area contributed by atoms with Crippen LogP contribution in [0.1, 0.15) is 24.2 Å². The van der Waals surface area contributed by atoms with Gasteiger partial charge in [0.1, 0.15) is 6.17 Å². The second-order valence-electron chi connectivity index (χ2n) is 5.00. The molecule has 1 fully saturated rings. The van der Waals surface area contributed by atoms with E-state index in [0.29, 0.717) is 13.1 Å². The van der Waals surface area contributed by atoms with Crippen molar-refractivity contribution in [2.75, 3.05) is 19.3 Å². The number of hydrogen-bond donors (Lipinski definition) is 1. The normalized spacial score (nSPS) is 22.6. The lowest BCUT2D eigenvalue weighted by molar-refractivity contribution is -0.128. The van der Waals surface area contributed by atoms with Gasteiger partial charge >= 0.3 is 0 Å². The summed E-state index contributed by atoms with van der Waals surface area (Å²) in [6.45, 7) is 4.83. The van der Waals surface area contributed by atoms with Crippen LogP contribution in [0.2, 0.25) is 0 Å². The van der Waals surface area contributed by atoms with E-state index >= 15 is 0 Å². The first-order valence-corrected chi connectivity index (χ1v) is 8.03. The molecule has 0 spiro atoms. The van der Waals surface area contributed by atoms with E-state index in [-0.39, 0.29) is 17.3 Å². The Labute approximate surface area is 116 Å². The molecule has 0 bridgehead atoms. The predicted octanol–water partition coefficient (Wildman–Crippen LogP) is 1.19. The van der Waals surface area contributed by atoms with Crippen LogP contribution >= 0.6 is 0 Å². The molecule has 1 aliphatic heterocycles. The van der Waals surface area contributed by atoms with Crippen molar-refractivity contribution in [1.29, 1.82) is 0 Å². The van der Waals surface area contributed by atoms with E-state index in [9.17, 15) is 9.00 Å². The number of aryl methyl sites for hydroxylation is 1. The topological polar surface area (TPSA) is 49.4 Å². The second kappa shape index (κ2) is 5.84. The van der Waals surface area contributed by atoms with E-state index in [4.69, 9.17) is 0 Å². The van der Waals surface area contributed by atoms with E-state index in [0.717, 1.165) is 11.1 Å². The number of hydrogen-bond acceptors (Lipinski definition) is 3. The largest absolute Gasteiger partial charge is 0.321 e. The molecule has 0 radical (unpaired) electrons. The molecule has 0 aliphatic carbocycles. The minimum atomic E-state index is -0.920. The average molecular weight is 280 g/mol. The van der Waals surface area contributed by atoms with E-state index in [1.165, 1.54) is 0 Å². The van der Waals surface area contributed by atoms with Crippen molar-refractivity contribution in [2.45, 2.75) is 25.3 Å². The summed E-state index contributed by atoms with van der Waals surface area (Å²) in [5, 5.41) is 3.22. The van der Waals surface area contributed by atoms with Gasteiger partial charge in [-0.25, -0.2) is 0 Å². The van der Waals surface area contributed by atoms with E-state index in [1.807, 2.05) is 38.1 Å². The van der Waals surface area contributed by atoms with Gasteiger partial charge in [-0.1, -0.05) is 24.3 Å². The summed E-state index contributed by atoms with van der Waals surface area (Å²) in [5.41, 5.74) is 2.27. The van der Waals surface area contributed by atoms with Gasteiger partial charge in [-0.15, -0.1) is 0 Å². The van der Waals surface area contributed by atoms with Crippen molar-refractivity contribution >= 4 is 16.7 Å². The highest BCUT2D eigenvalue weighted by molar-refractivity contribution is 7.84. The Balaban J connectivity index is 2.23. The average Bonchev–Trinajstić information content (AvgIpc) is 2.72. The van der Waals surface area contributed by atoms with Gasteiger partial charge < -0.3 is 4.90 Å². The molecule has 1 N–H and O–H groups in total. The molecule has 0 saturated carbocycles. The molecule has 2 rings (SSSR count). The SMILES string of the molecule is Cc1ccccc1C1NCC(=O)N1CC(C)S(C)=O. The number of benzene rings is 1. The van der Waals surface area contributed by atoms with Crippen molar-refractivity contribution in [3.8, 4) is 0 Å². The van der Waals surface area contributed by atoms with Crippen molar-refractivity contribution in [2.24, 2.45) is 0 Å². The highest BCUT2D eigenvalue weighted by Gasteiger charge is 2.33. The number of carbonyl (C=O) groups excluding carboxylic acids is 1. The van der Waals surface area contributed by atoms with Gasteiger partial charge in [0.2, 0.25) is 5.91 Å². The molecular formula is C14H20N2O2S. The lowest BCUT2D eigenvalue weighted by atomic mass is 10.1. The molecule has 5 heteroatoms. The fraction of sp³-hybridized carbons (Fsp3) is 0.500. The Morgan fingerprint density at radius 1 is 1.47 bits per heavy atom. The lowest BCUT2D eigenvalue weighted by Gasteiger charge is -2.27. The summed E-state index contributed by atoms with van der Waals surface area (Å²) < 4.78 is 11.5. The van der Waals surface area contributed by atoms with E-state index < -0.39 is 10.8 Å². The van der Waals surface area contributed by atoms with Gasteiger partial charge in [0.25, 0.3) is 0 Å². The molecular weight excluding hydrogens is 260 g/mol. The molecule has 104 valence electrons. The Kier molecular flexibility index (Phi) is 4.37. The number of carbonyl (C=O) groups is 1. The first kappa shape index (κ1) is 14.2. The van der Waals surface area contributed by atoms with Gasteiger partial charge in [0.05, 0.1) is 6.54 Å². The maximum Gasteiger partial charge on any atom is 0.238 e. The predicted molar refractivity (Wildman–Crippen MR) is 77.2 cm³/mol. The minimum absolute atomic E-state index is 0.0182. The number of rotatable bonds is 4. The van der Waals surface area contributed by atoms with Gasteiger partial charge in [0, 0.05) is 28.9 Å². The van der Waals surface area contributed by atoms with Gasteiger partial charge in [0.15, 0.2) is 0 Å². The van der Waals surface area contributed by atoms with Crippen LogP contribution in [-0.2, 0) is 15.6 Å². The highest BCUT2D eigenvalue weighted by Crippen LogP contribution is 2.25. The summed E-state index contributed by atoms with van der Waals surface area (Å²) >= 11 is 0. The maximum atomic E-state index is 12.0. The van der Waals surface area contributed by atoms with Crippen molar-refractivity contribution in [3.05, 3.63) is 35.4 Å².